The number of hydrogen-bond acceptors (Lipinski definition) is 6. The Bertz CT molecular complexity index is 1140. The monoisotopic (exact) mass is 529 g/mol. The smallest absolute Gasteiger partial charge is 0.353 e. The lowest BCUT2D eigenvalue weighted by Gasteiger charge is -2.35. The first kappa shape index (κ1) is 22.9. The van der Waals surface area contributed by atoms with Crippen molar-refractivity contribution in [1.82, 2.24) is 4.90 Å². The second-order valence-corrected chi connectivity index (χ2v) is 10.1. The molecule has 0 aromatic heterocycles. The molecule has 2 aromatic carbocycles. The lowest BCUT2D eigenvalue weighted by Crippen LogP contribution is -2.41. The van der Waals surface area contributed by atoms with Crippen LogP contribution in [0.4, 0.5) is 13.2 Å². The molecule has 1 fully saturated rings. The van der Waals surface area contributed by atoms with Gasteiger partial charge in [-0.15, -0.1) is 0 Å². The molecule has 0 unspecified atom stereocenters. The van der Waals surface area contributed by atoms with Gasteiger partial charge in [0.15, 0.2) is 5.66 Å². The van der Waals surface area contributed by atoms with Gasteiger partial charge < -0.3 is 4.18 Å². The van der Waals surface area contributed by atoms with E-state index in [1.54, 1.807) is 24.3 Å². The molecule has 6 nitrogen and oxygen atoms in total. The predicted molar refractivity (Wildman–Crippen MR) is 118 cm³/mol. The molecule has 0 aliphatic carbocycles. The SMILES string of the molecule is O=S(=O)(OC1=NC2(CCN(Cc3ccccc3)CC2)N=C1c1ccc(Br)cc1)C(F)(F)F. The van der Waals surface area contributed by atoms with E-state index in [-0.39, 0.29) is 5.71 Å². The summed E-state index contributed by atoms with van der Waals surface area (Å²) in [5.74, 6) is -0.624. The van der Waals surface area contributed by atoms with E-state index in [2.05, 4.69) is 35.0 Å². The number of nitrogens with zero attached hydrogens (tertiary/aromatic N) is 3. The second kappa shape index (κ2) is 8.60. The third kappa shape index (κ3) is 4.89. The Morgan fingerprint density at radius 1 is 1.00 bits per heavy atom. The summed E-state index contributed by atoms with van der Waals surface area (Å²) in [4.78, 5) is 11.1. The van der Waals surface area contributed by atoms with Gasteiger partial charge in [0.05, 0.1) is 0 Å². The van der Waals surface area contributed by atoms with E-state index in [1.165, 1.54) is 0 Å². The Labute approximate surface area is 192 Å². The summed E-state index contributed by atoms with van der Waals surface area (Å²) in [6, 6.07) is 16.5. The molecule has 2 aromatic rings. The van der Waals surface area contributed by atoms with Gasteiger partial charge in [-0.25, -0.2) is 9.98 Å². The molecule has 1 spiro atoms. The zero-order valence-electron chi connectivity index (χ0n) is 16.7. The van der Waals surface area contributed by atoms with Gasteiger partial charge in [-0.3, -0.25) is 4.90 Å². The average molecular weight is 530 g/mol. The first-order valence-electron chi connectivity index (χ1n) is 9.80. The summed E-state index contributed by atoms with van der Waals surface area (Å²) < 4.78 is 67.4. The van der Waals surface area contributed by atoms with Crippen LogP contribution in [0.2, 0.25) is 0 Å². The molecule has 2 aliphatic heterocycles. The topological polar surface area (TPSA) is 71.3 Å². The largest absolute Gasteiger partial charge is 0.534 e. The summed E-state index contributed by atoms with van der Waals surface area (Å²) in [7, 11) is -5.87. The van der Waals surface area contributed by atoms with E-state index in [4.69, 9.17) is 0 Å². The zero-order valence-corrected chi connectivity index (χ0v) is 19.1. The molecule has 0 saturated carbocycles. The summed E-state index contributed by atoms with van der Waals surface area (Å²) in [5, 5.41) is 0. The van der Waals surface area contributed by atoms with Crippen molar-refractivity contribution in [3.05, 3.63) is 70.2 Å². The Hall–Kier alpha value is -2.24. The van der Waals surface area contributed by atoms with Crippen LogP contribution in [0.5, 0.6) is 0 Å². The lowest BCUT2D eigenvalue weighted by molar-refractivity contribution is -0.0503. The number of aliphatic imine (C=N–C) groups is 2. The van der Waals surface area contributed by atoms with Crippen molar-refractivity contribution in [3.63, 3.8) is 0 Å². The van der Waals surface area contributed by atoms with Crippen LogP contribution < -0.4 is 0 Å². The van der Waals surface area contributed by atoms with Crippen molar-refractivity contribution in [2.75, 3.05) is 13.1 Å². The minimum absolute atomic E-state index is 0.00170. The number of rotatable bonds is 4. The van der Waals surface area contributed by atoms with E-state index in [0.29, 0.717) is 31.5 Å². The van der Waals surface area contributed by atoms with Crippen molar-refractivity contribution >= 4 is 37.7 Å². The molecule has 2 heterocycles. The van der Waals surface area contributed by atoms with Crippen LogP contribution >= 0.6 is 15.9 Å². The van der Waals surface area contributed by atoms with Crippen molar-refractivity contribution < 1.29 is 25.8 Å². The lowest BCUT2D eigenvalue weighted by atomic mass is 9.98. The zero-order chi connectivity index (χ0) is 23.0. The van der Waals surface area contributed by atoms with E-state index in [1.807, 2.05) is 30.3 Å². The molecule has 32 heavy (non-hydrogen) atoms. The molecule has 1 saturated heterocycles. The van der Waals surface area contributed by atoms with E-state index in [9.17, 15) is 21.6 Å². The Morgan fingerprint density at radius 2 is 1.62 bits per heavy atom. The van der Waals surface area contributed by atoms with Crippen LogP contribution in [-0.4, -0.2) is 49.2 Å². The molecule has 0 bridgehead atoms. The van der Waals surface area contributed by atoms with E-state index < -0.39 is 27.2 Å². The predicted octanol–water partition coefficient (Wildman–Crippen LogP) is 4.51. The highest BCUT2D eigenvalue weighted by Gasteiger charge is 2.51. The molecule has 0 N–H and O–H groups in total. The van der Waals surface area contributed by atoms with Crippen LogP contribution in [-0.2, 0) is 20.8 Å². The van der Waals surface area contributed by atoms with Gasteiger partial charge in [0.1, 0.15) is 5.71 Å². The molecule has 11 heteroatoms. The third-order valence-corrected chi connectivity index (χ3v) is 6.80. The van der Waals surface area contributed by atoms with Gasteiger partial charge in [-0.2, -0.15) is 21.6 Å². The molecule has 4 rings (SSSR count). The van der Waals surface area contributed by atoms with Crippen LogP contribution in [0.25, 0.3) is 0 Å². The fourth-order valence-corrected chi connectivity index (χ4v) is 4.35. The standard InChI is InChI=1S/C21H19BrF3N3O3S/c22-17-8-6-16(7-9-17)18-19(31-32(29,30)21(23,24)25)27-20(26-18)10-12-28(13-11-20)14-15-4-2-1-3-5-15/h1-9H,10-14H2. The van der Waals surface area contributed by atoms with Gasteiger partial charge >= 0.3 is 15.6 Å². The minimum Gasteiger partial charge on any atom is -0.353 e. The van der Waals surface area contributed by atoms with Crippen LogP contribution in [0.15, 0.2) is 69.1 Å². The number of likely N-dealkylation sites (tertiary alicyclic amines) is 1. The van der Waals surface area contributed by atoms with Crippen LogP contribution in [0.1, 0.15) is 24.0 Å². The third-order valence-electron chi connectivity index (χ3n) is 5.33. The average Bonchev–Trinajstić information content (AvgIpc) is 3.07. The summed E-state index contributed by atoms with van der Waals surface area (Å²) in [5.41, 5.74) is -5.03. The fraction of sp³-hybridized carbons (Fsp3) is 0.333. The number of piperidine rings is 1. The minimum atomic E-state index is -5.87. The number of halogens is 4. The van der Waals surface area contributed by atoms with Crippen molar-refractivity contribution in [1.29, 1.82) is 0 Å². The fourth-order valence-electron chi connectivity index (χ4n) is 3.66. The highest BCUT2D eigenvalue weighted by Crippen LogP contribution is 2.35. The van der Waals surface area contributed by atoms with E-state index in [0.717, 1.165) is 16.6 Å². The number of benzene rings is 2. The summed E-state index contributed by atoms with van der Waals surface area (Å²) in [6.07, 6.45) is 0.859. The van der Waals surface area contributed by atoms with Crippen molar-refractivity contribution in [2.45, 2.75) is 30.6 Å². The maximum absolute atomic E-state index is 12.9. The Balaban J connectivity index is 1.59. The molecular formula is C21H19BrF3N3O3S. The Morgan fingerprint density at radius 3 is 2.22 bits per heavy atom. The first-order chi connectivity index (χ1) is 15.1. The van der Waals surface area contributed by atoms with Crippen molar-refractivity contribution in [3.8, 4) is 0 Å². The summed E-state index contributed by atoms with van der Waals surface area (Å²) in [6.45, 7) is 1.94. The highest BCUT2D eigenvalue weighted by atomic mass is 79.9. The van der Waals surface area contributed by atoms with Crippen LogP contribution in [0, 0.1) is 0 Å². The normalized spacial score (nSPS) is 19.0. The number of hydrogen-bond donors (Lipinski definition) is 0. The van der Waals surface area contributed by atoms with Gasteiger partial charge in [0, 0.05) is 42.5 Å². The maximum atomic E-state index is 12.9. The quantitative estimate of drug-likeness (QED) is 0.431. The molecule has 0 radical (unpaired) electrons. The van der Waals surface area contributed by atoms with Gasteiger partial charge in [-0.1, -0.05) is 58.4 Å². The van der Waals surface area contributed by atoms with Crippen LogP contribution in [0.3, 0.4) is 0 Å². The summed E-state index contributed by atoms with van der Waals surface area (Å²) >= 11 is 3.30. The first-order valence-corrected chi connectivity index (χ1v) is 12.0. The van der Waals surface area contributed by atoms with Crippen molar-refractivity contribution in [2.24, 2.45) is 9.98 Å². The number of alkyl halides is 3. The molecule has 170 valence electrons. The molecule has 2 aliphatic rings. The molecule has 0 atom stereocenters. The van der Waals surface area contributed by atoms with Gasteiger partial charge in [-0.05, 0) is 17.7 Å². The Kier molecular flexibility index (Phi) is 6.17. The van der Waals surface area contributed by atoms with Gasteiger partial charge in [0.25, 0.3) is 5.90 Å². The highest BCUT2D eigenvalue weighted by molar-refractivity contribution is 9.10. The second-order valence-electron chi connectivity index (χ2n) is 7.61. The maximum Gasteiger partial charge on any atom is 0.534 e. The van der Waals surface area contributed by atoms with Gasteiger partial charge in [0.2, 0.25) is 0 Å². The molecule has 0 amide bonds. The van der Waals surface area contributed by atoms with E-state index >= 15 is 0 Å². The molecular weight excluding hydrogens is 511 g/mol.